The second-order valence-electron chi connectivity index (χ2n) is 7.07. The van der Waals surface area contributed by atoms with Crippen molar-refractivity contribution in [1.29, 1.82) is 0 Å². The molecule has 0 aromatic carbocycles. The molecular formula is C19H24N6O2S. The van der Waals surface area contributed by atoms with Crippen molar-refractivity contribution in [2.45, 2.75) is 18.4 Å². The third-order valence-corrected chi connectivity index (χ3v) is 6.91. The summed E-state index contributed by atoms with van der Waals surface area (Å²) >= 11 is 0. The molecule has 0 unspecified atom stereocenters. The van der Waals surface area contributed by atoms with E-state index < -0.39 is 10.0 Å². The van der Waals surface area contributed by atoms with Gasteiger partial charge in [0.25, 0.3) is 0 Å². The first-order valence-electron chi connectivity index (χ1n) is 9.26. The highest BCUT2D eigenvalue weighted by atomic mass is 32.2. The maximum absolute atomic E-state index is 12.8. The first-order valence-corrected chi connectivity index (χ1v) is 10.7. The SMILES string of the molecule is Cc1cccc2nc(CNc3ccc(S(=O)(=O)N4CCN(C)CC4)cn3)cn12. The summed E-state index contributed by atoms with van der Waals surface area (Å²) in [6.07, 6.45) is 3.41. The standard InChI is InChI=1S/C19H24N6O2S/c1-15-4-3-5-19-22-16(14-25(15)19)12-20-18-7-6-17(13-21-18)28(26,27)24-10-8-23(2)9-11-24/h3-7,13-14H,8-12H2,1-2H3,(H,20,21). The van der Waals surface area contributed by atoms with E-state index in [9.17, 15) is 8.42 Å². The summed E-state index contributed by atoms with van der Waals surface area (Å²) in [5.74, 6) is 0.617. The zero-order valence-electron chi connectivity index (χ0n) is 16.0. The normalized spacial score (nSPS) is 16.5. The number of imidazole rings is 1. The van der Waals surface area contributed by atoms with Crippen LogP contribution in [0.3, 0.4) is 0 Å². The minimum Gasteiger partial charge on any atom is -0.364 e. The van der Waals surface area contributed by atoms with Gasteiger partial charge in [-0.1, -0.05) is 6.07 Å². The van der Waals surface area contributed by atoms with Crippen LogP contribution in [0.15, 0.2) is 47.6 Å². The lowest BCUT2D eigenvalue weighted by molar-refractivity contribution is 0.222. The molecule has 8 nitrogen and oxygen atoms in total. The Hall–Kier alpha value is -2.49. The van der Waals surface area contributed by atoms with Crippen molar-refractivity contribution in [2.75, 3.05) is 38.5 Å². The number of aryl methyl sites for hydroxylation is 1. The highest BCUT2D eigenvalue weighted by molar-refractivity contribution is 7.89. The quantitative estimate of drug-likeness (QED) is 0.700. The lowest BCUT2D eigenvalue weighted by atomic mass is 10.4. The van der Waals surface area contributed by atoms with Crippen LogP contribution >= 0.6 is 0 Å². The van der Waals surface area contributed by atoms with Crippen molar-refractivity contribution in [3.8, 4) is 0 Å². The smallest absolute Gasteiger partial charge is 0.244 e. The number of rotatable bonds is 5. The Kier molecular flexibility index (Phi) is 5.05. The van der Waals surface area contributed by atoms with E-state index in [0.717, 1.165) is 30.1 Å². The Balaban J connectivity index is 1.43. The molecule has 0 aliphatic carbocycles. The molecule has 0 radical (unpaired) electrons. The summed E-state index contributed by atoms with van der Waals surface area (Å²) in [6.45, 7) is 5.04. The summed E-state index contributed by atoms with van der Waals surface area (Å²) in [6, 6.07) is 9.29. The van der Waals surface area contributed by atoms with Gasteiger partial charge in [0, 0.05) is 44.3 Å². The molecule has 4 rings (SSSR count). The lowest BCUT2D eigenvalue weighted by Crippen LogP contribution is -2.47. The minimum atomic E-state index is -3.49. The topological polar surface area (TPSA) is 82.8 Å². The number of nitrogens with one attached hydrogen (secondary N) is 1. The first kappa shape index (κ1) is 18.9. The first-order chi connectivity index (χ1) is 13.4. The molecule has 3 aromatic rings. The predicted molar refractivity (Wildman–Crippen MR) is 108 cm³/mol. The number of anilines is 1. The minimum absolute atomic E-state index is 0.228. The van der Waals surface area contributed by atoms with Gasteiger partial charge in [-0.25, -0.2) is 18.4 Å². The molecule has 0 spiro atoms. The van der Waals surface area contributed by atoms with Crippen LogP contribution in [0.5, 0.6) is 0 Å². The fourth-order valence-corrected chi connectivity index (χ4v) is 4.65. The van der Waals surface area contributed by atoms with Crippen molar-refractivity contribution in [3.05, 3.63) is 54.1 Å². The number of nitrogens with zero attached hydrogens (tertiary/aromatic N) is 5. The Bertz CT molecular complexity index is 1070. The van der Waals surface area contributed by atoms with E-state index in [1.807, 2.05) is 42.8 Å². The molecular weight excluding hydrogens is 376 g/mol. The van der Waals surface area contributed by atoms with Gasteiger partial charge in [0.15, 0.2) is 0 Å². The van der Waals surface area contributed by atoms with Crippen LogP contribution in [0.2, 0.25) is 0 Å². The fraction of sp³-hybridized carbons (Fsp3) is 0.368. The number of piperazine rings is 1. The van der Waals surface area contributed by atoms with Gasteiger partial charge in [-0.3, -0.25) is 0 Å². The average Bonchev–Trinajstić information content (AvgIpc) is 3.12. The highest BCUT2D eigenvalue weighted by Gasteiger charge is 2.27. The van der Waals surface area contributed by atoms with Gasteiger partial charge in [-0.05, 0) is 38.2 Å². The molecule has 1 N–H and O–H groups in total. The number of likely N-dealkylation sites (N-methyl/N-ethyl adjacent to an activating group) is 1. The maximum Gasteiger partial charge on any atom is 0.244 e. The van der Waals surface area contributed by atoms with Crippen molar-refractivity contribution < 1.29 is 8.42 Å². The molecule has 0 saturated carbocycles. The van der Waals surface area contributed by atoms with E-state index in [4.69, 9.17) is 0 Å². The molecule has 1 aliphatic rings. The van der Waals surface area contributed by atoms with E-state index >= 15 is 0 Å². The monoisotopic (exact) mass is 400 g/mol. The molecule has 4 heterocycles. The van der Waals surface area contributed by atoms with E-state index in [1.165, 1.54) is 10.5 Å². The number of pyridine rings is 2. The largest absolute Gasteiger partial charge is 0.364 e. The molecule has 28 heavy (non-hydrogen) atoms. The van der Waals surface area contributed by atoms with Crippen molar-refractivity contribution >= 4 is 21.5 Å². The Morgan fingerprint density at radius 1 is 1.11 bits per heavy atom. The Labute approximate surface area is 164 Å². The summed E-state index contributed by atoms with van der Waals surface area (Å²) in [5.41, 5.74) is 2.91. The molecule has 0 atom stereocenters. The van der Waals surface area contributed by atoms with Gasteiger partial charge in [0.2, 0.25) is 10.0 Å². The fourth-order valence-electron chi connectivity index (χ4n) is 3.28. The van der Waals surface area contributed by atoms with Crippen LogP contribution in [0.4, 0.5) is 5.82 Å². The van der Waals surface area contributed by atoms with Crippen LogP contribution in [0.25, 0.3) is 5.65 Å². The van der Waals surface area contributed by atoms with Gasteiger partial charge in [0.05, 0.1) is 12.2 Å². The third-order valence-electron chi connectivity index (χ3n) is 5.03. The molecule has 1 fully saturated rings. The molecule has 9 heteroatoms. The third kappa shape index (κ3) is 3.73. The van der Waals surface area contributed by atoms with Crippen LogP contribution in [0, 0.1) is 6.92 Å². The van der Waals surface area contributed by atoms with Crippen LogP contribution in [0.1, 0.15) is 11.4 Å². The van der Waals surface area contributed by atoms with Gasteiger partial charge < -0.3 is 14.6 Å². The summed E-state index contributed by atoms with van der Waals surface area (Å²) in [5, 5.41) is 3.20. The zero-order valence-corrected chi connectivity index (χ0v) is 16.9. The molecule has 3 aromatic heterocycles. The number of fused-ring (bicyclic) bond motifs is 1. The summed E-state index contributed by atoms with van der Waals surface area (Å²) < 4.78 is 29.1. The van der Waals surface area contributed by atoms with Crippen LogP contribution < -0.4 is 5.32 Å². The molecule has 1 aliphatic heterocycles. The Morgan fingerprint density at radius 3 is 2.57 bits per heavy atom. The predicted octanol–water partition coefficient (Wildman–Crippen LogP) is 1.59. The van der Waals surface area contributed by atoms with E-state index in [2.05, 4.69) is 20.2 Å². The number of hydrogen-bond donors (Lipinski definition) is 1. The van der Waals surface area contributed by atoms with Gasteiger partial charge in [-0.2, -0.15) is 4.31 Å². The highest BCUT2D eigenvalue weighted by Crippen LogP contribution is 2.18. The second kappa shape index (κ2) is 7.50. The number of hydrogen-bond acceptors (Lipinski definition) is 6. The van der Waals surface area contributed by atoms with Gasteiger partial charge >= 0.3 is 0 Å². The second-order valence-corrected chi connectivity index (χ2v) is 9.01. The van der Waals surface area contributed by atoms with Crippen molar-refractivity contribution in [2.24, 2.45) is 0 Å². The Morgan fingerprint density at radius 2 is 1.89 bits per heavy atom. The van der Waals surface area contributed by atoms with Crippen LogP contribution in [-0.4, -0.2) is 65.2 Å². The number of aromatic nitrogens is 3. The van der Waals surface area contributed by atoms with Crippen LogP contribution in [-0.2, 0) is 16.6 Å². The zero-order chi connectivity index (χ0) is 19.7. The molecule has 1 saturated heterocycles. The molecule has 0 amide bonds. The number of sulfonamides is 1. The summed E-state index contributed by atoms with van der Waals surface area (Å²) in [7, 11) is -1.49. The van der Waals surface area contributed by atoms with Gasteiger partial charge in [0.1, 0.15) is 16.4 Å². The van der Waals surface area contributed by atoms with Crippen molar-refractivity contribution in [3.63, 3.8) is 0 Å². The van der Waals surface area contributed by atoms with E-state index in [0.29, 0.717) is 25.5 Å². The van der Waals surface area contributed by atoms with E-state index in [1.54, 1.807) is 12.1 Å². The molecule has 0 bridgehead atoms. The summed E-state index contributed by atoms with van der Waals surface area (Å²) in [4.78, 5) is 11.2. The average molecular weight is 401 g/mol. The van der Waals surface area contributed by atoms with Gasteiger partial charge in [-0.15, -0.1) is 0 Å². The van der Waals surface area contributed by atoms with Crippen molar-refractivity contribution in [1.82, 2.24) is 23.6 Å². The lowest BCUT2D eigenvalue weighted by Gasteiger charge is -2.31. The maximum atomic E-state index is 12.8. The molecule has 148 valence electrons. The van der Waals surface area contributed by atoms with E-state index in [-0.39, 0.29) is 4.90 Å².